The predicted molar refractivity (Wildman–Crippen MR) is 90.0 cm³/mol. The molecule has 0 aliphatic carbocycles. The van der Waals surface area contributed by atoms with Gasteiger partial charge in [-0.05, 0) is 18.6 Å². The van der Waals surface area contributed by atoms with Crippen LogP contribution in [0.4, 0.5) is 20.2 Å². The number of rotatable bonds is 3. The molecule has 1 aromatic heterocycles. The van der Waals surface area contributed by atoms with Gasteiger partial charge in [0.1, 0.15) is 16.7 Å². The predicted octanol–water partition coefficient (Wildman–Crippen LogP) is 2.58. The topological polar surface area (TPSA) is 67.2 Å². The van der Waals surface area contributed by atoms with E-state index in [-0.39, 0.29) is 29.6 Å². The molecule has 3 rings (SSSR count). The summed E-state index contributed by atoms with van der Waals surface area (Å²) in [4.78, 5) is 26.0. The van der Waals surface area contributed by atoms with Crippen LogP contribution >= 0.6 is 11.6 Å². The van der Waals surface area contributed by atoms with Crippen molar-refractivity contribution in [3.8, 4) is 0 Å². The Balaban J connectivity index is 1.84. The molecule has 1 fully saturated rings. The van der Waals surface area contributed by atoms with Crippen molar-refractivity contribution in [3.63, 3.8) is 0 Å². The van der Waals surface area contributed by atoms with Gasteiger partial charge in [-0.15, -0.1) is 0 Å². The molecule has 2 aromatic rings. The molecule has 1 unspecified atom stereocenters. The summed E-state index contributed by atoms with van der Waals surface area (Å²) in [6.07, 6.45) is 1.81. The zero-order valence-electron chi connectivity index (χ0n) is 13.3. The summed E-state index contributed by atoms with van der Waals surface area (Å²) in [5, 5.41) is 6.82. The van der Waals surface area contributed by atoms with Gasteiger partial charge in [0.2, 0.25) is 5.91 Å². The minimum atomic E-state index is -0.753. The second-order valence-electron chi connectivity index (χ2n) is 5.69. The van der Waals surface area contributed by atoms with Gasteiger partial charge in [0.05, 0.1) is 17.9 Å². The lowest BCUT2D eigenvalue weighted by Gasteiger charge is -2.32. The van der Waals surface area contributed by atoms with Crippen molar-refractivity contribution >= 4 is 28.9 Å². The molecule has 132 valence electrons. The second kappa shape index (κ2) is 6.79. The number of piperidine rings is 1. The largest absolute Gasteiger partial charge is 0.385 e. The van der Waals surface area contributed by atoms with Crippen molar-refractivity contribution in [1.82, 2.24) is 9.78 Å². The van der Waals surface area contributed by atoms with Crippen molar-refractivity contribution in [2.45, 2.75) is 18.9 Å². The summed E-state index contributed by atoms with van der Waals surface area (Å²) >= 11 is 6.00. The van der Waals surface area contributed by atoms with Gasteiger partial charge in [0, 0.05) is 31.8 Å². The molecule has 0 saturated carbocycles. The Hall–Kier alpha value is -2.48. The molecule has 1 atom stereocenters. The molecule has 1 saturated heterocycles. The maximum atomic E-state index is 13.4. The molecule has 0 radical (unpaired) electrons. The number of carbonyl (C=O) groups excluding carboxylic acids is 1. The third-order valence-corrected chi connectivity index (χ3v) is 4.48. The fourth-order valence-electron chi connectivity index (χ4n) is 2.87. The maximum Gasteiger partial charge on any atom is 0.287 e. The molecule has 1 N–H and O–H groups in total. The summed E-state index contributed by atoms with van der Waals surface area (Å²) in [5.74, 6) is -1.85. The van der Waals surface area contributed by atoms with Gasteiger partial charge >= 0.3 is 0 Å². The number of carbonyl (C=O) groups is 1. The second-order valence-corrected chi connectivity index (χ2v) is 6.07. The minimum Gasteiger partial charge on any atom is -0.385 e. The number of halogens is 3. The fourth-order valence-corrected chi connectivity index (χ4v) is 3.10. The molecule has 1 aliphatic heterocycles. The van der Waals surface area contributed by atoms with Crippen LogP contribution in [0.25, 0.3) is 0 Å². The van der Waals surface area contributed by atoms with E-state index in [2.05, 4.69) is 10.4 Å². The van der Waals surface area contributed by atoms with Gasteiger partial charge in [-0.2, -0.15) is 5.10 Å². The summed E-state index contributed by atoms with van der Waals surface area (Å²) in [6, 6.07) is 2.49. The SMILES string of the molecule is CNc1cnn(C2CCN(c3cc(F)cc(F)c3)C(=O)C2)c(=O)c1Cl. The lowest BCUT2D eigenvalue weighted by Crippen LogP contribution is -2.42. The van der Waals surface area contributed by atoms with Crippen molar-refractivity contribution in [2.24, 2.45) is 0 Å². The Morgan fingerprint density at radius 2 is 1.92 bits per heavy atom. The smallest absolute Gasteiger partial charge is 0.287 e. The molecule has 0 spiro atoms. The number of hydrogen-bond donors (Lipinski definition) is 1. The van der Waals surface area contributed by atoms with Crippen LogP contribution in [0.2, 0.25) is 5.02 Å². The number of anilines is 2. The van der Waals surface area contributed by atoms with Crippen LogP contribution in [0.5, 0.6) is 0 Å². The van der Waals surface area contributed by atoms with E-state index in [1.165, 1.54) is 15.8 Å². The highest BCUT2D eigenvalue weighted by Crippen LogP contribution is 2.28. The van der Waals surface area contributed by atoms with Crippen molar-refractivity contribution in [2.75, 3.05) is 23.8 Å². The number of benzene rings is 1. The van der Waals surface area contributed by atoms with Crippen LogP contribution in [-0.4, -0.2) is 29.3 Å². The standard InChI is InChI=1S/C16H15ClF2N4O2/c1-20-13-8-21-23(16(25)15(13)17)11-2-3-22(14(24)7-11)12-5-9(18)4-10(19)6-12/h4-6,8,11,20H,2-3,7H2,1H3. The van der Waals surface area contributed by atoms with E-state index in [1.54, 1.807) is 7.05 Å². The summed E-state index contributed by atoms with van der Waals surface area (Å²) < 4.78 is 27.9. The highest BCUT2D eigenvalue weighted by molar-refractivity contribution is 6.32. The average Bonchev–Trinajstić information content (AvgIpc) is 2.56. The van der Waals surface area contributed by atoms with Gasteiger partial charge in [0.15, 0.2) is 0 Å². The molecule has 6 nitrogen and oxygen atoms in total. The lowest BCUT2D eigenvalue weighted by atomic mass is 10.0. The lowest BCUT2D eigenvalue weighted by molar-refractivity contribution is -0.120. The molecule has 1 aliphatic rings. The first-order chi connectivity index (χ1) is 11.9. The van der Waals surface area contributed by atoms with Crippen molar-refractivity contribution < 1.29 is 13.6 Å². The quantitative estimate of drug-likeness (QED) is 0.904. The highest BCUT2D eigenvalue weighted by Gasteiger charge is 2.30. The van der Waals surface area contributed by atoms with Crippen LogP contribution in [0.1, 0.15) is 18.9 Å². The fraction of sp³-hybridized carbons (Fsp3) is 0.312. The minimum absolute atomic E-state index is 0.000389. The first kappa shape index (κ1) is 17.3. The molecule has 25 heavy (non-hydrogen) atoms. The maximum absolute atomic E-state index is 13.4. The van der Waals surface area contributed by atoms with Gasteiger partial charge in [0.25, 0.3) is 5.56 Å². The van der Waals surface area contributed by atoms with Crippen LogP contribution in [0.15, 0.2) is 29.2 Å². The molecular weight excluding hydrogens is 354 g/mol. The number of hydrogen-bond acceptors (Lipinski definition) is 4. The third kappa shape index (κ3) is 3.34. The Bertz CT molecular complexity index is 867. The Kier molecular flexibility index (Phi) is 4.71. The van der Waals surface area contributed by atoms with E-state index in [0.29, 0.717) is 12.1 Å². The van der Waals surface area contributed by atoms with E-state index < -0.39 is 23.2 Å². The normalized spacial score (nSPS) is 17.7. The Morgan fingerprint density at radius 1 is 1.24 bits per heavy atom. The number of nitrogens with zero attached hydrogens (tertiary/aromatic N) is 3. The molecule has 2 heterocycles. The zero-order valence-corrected chi connectivity index (χ0v) is 14.1. The first-order valence-corrected chi connectivity index (χ1v) is 8.00. The zero-order chi connectivity index (χ0) is 18.1. The van der Waals surface area contributed by atoms with Crippen LogP contribution in [0.3, 0.4) is 0 Å². The molecule has 9 heteroatoms. The van der Waals surface area contributed by atoms with Crippen LogP contribution in [-0.2, 0) is 4.79 Å². The molecule has 1 aromatic carbocycles. The molecular formula is C16H15ClF2N4O2. The van der Waals surface area contributed by atoms with E-state index in [4.69, 9.17) is 11.6 Å². The van der Waals surface area contributed by atoms with Crippen molar-refractivity contribution in [1.29, 1.82) is 0 Å². The number of nitrogens with one attached hydrogen (secondary N) is 1. The van der Waals surface area contributed by atoms with Gasteiger partial charge < -0.3 is 10.2 Å². The Labute approximate surface area is 147 Å². The van der Waals surface area contributed by atoms with E-state index in [0.717, 1.165) is 18.2 Å². The average molecular weight is 369 g/mol. The number of amides is 1. The van der Waals surface area contributed by atoms with E-state index in [9.17, 15) is 18.4 Å². The summed E-state index contributed by atoms with van der Waals surface area (Å²) in [5.41, 5.74) is 0.0725. The van der Waals surface area contributed by atoms with E-state index in [1.807, 2.05) is 0 Å². The monoisotopic (exact) mass is 368 g/mol. The van der Waals surface area contributed by atoms with Gasteiger partial charge in [-0.1, -0.05) is 11.6 Å². The Morgan fingerprint density at radius 3 is 2.52 bits per heavy atom. The molecule has 1 amide bonds. The van der Waals surface area contributed by atoms with Crippen molar-refractivity contribution in [3.05, 3.63) is 51.4 Å². The summed E-state index contributed by atoms with van der Waals surface area (Å²) in [6.45, 7) is 0.214. The summed E-state index contributed by atoms with van der Waals surface area (Å²) in [7, 11) is 1.62. The van der Waals surface area contributed by atoms with E-state index >= 15 is 0 Å². The van der Waals surface area contributed by atoms with Gasteiger partial charge in [-0.3, -0.25) is 9.59 Å². The first-order valence-electron chi connectivity index (χ1n) is 7.62. The highest BCUT2D eigenvalue weighted by atomic mass is 35.5. The van der Waals surface area contributed by atoms with Gasteiger partial charge in [-0.25, -0.2) is 13.5 Å². The van der Waals surface area contributed by atoms with Crippen LogP contribution < -0.4 is 15.8 Å². The number of aromatic nitrogens is 2. The molecule has 0 bridgehead atoms. The third-order valence-electron chi connectivity index (χ3n) is 4.11. The van der Waals surface area contributed by atoms with Crippen LogP contribution in [0, 0.1) is 11.6 Å².